The van der Waals surface area contributed by atoms with Crippen molar-refractivity contribution >= 4 is 34.1 Å². The van der Waals surface area contributed by atoms with Crippen LogP contribution in [0.5, 0.6) is 17.2 Å². The van der Waals surface area contributed by atoms with Crippen molar-refractivity contribution in [1.29, 1.82) is 0 Å². The highest BCUT2D eigenvalue weighted by molar-refractivity contribution is 7.17. The van der Waals surface area contributed by atoms with Gasteiger partial charge in [-0.2, -0.15) is 9.78 Å². The Labute approximate surface area is 269 Å². The number of hydrogen-bond donors (Lipinski definition) is 2. The number of ether oxygens (including phenoxy) is 5. The van der Waals surface area contributed by atoms with E-state index >= 15 is 0 Å². The number of carbonyl (C=O) groups excluding carboxylic acids is 2. The number of aromatic nitrogens is 4. The summed E-state index contributed by atoms with van der Waals surface area (Å²) < 4.78 is 34.7. The van der Waals surface area contributed by atoms with Crippen molar-refractivity contribution in [2.24, 2.45) is 0 Å². The number of rotatable bonds is 10. The first-order valence-electron chi connectivity index (χ1n) is 14.6. The van der Waals surface area contributed by atoms with Crippen LogP contribution in [0.25, 0.3) is 16.3 Å². The van der Waals surface area contributed by atoms with Gasteiger partial charge in [0.15, 0.2) is 5.76 Å². The quantitative estimate of drug-likeness (QED) is 0.245. The van der Waals surface area contributed by atoms with Crippen molar-refractivity contribution in [2.75, 3.05) is 51.3 Å². The van der Waals surface area contributed by atoms with Gasteiger partial charge in [-0.05, 0) is 18.2 Å². The van der Waals surface area contributed by atoms with Crippen LogP contribution in [-0.2, 0) is 14.3 Å². The average Bonchev–Trinajstić information content (AvgIpc) is 3.74. The van der Waals surface area contributed by atoms with E-state index in [0.29, 0.717) is 42.7 Å². The summed E-state index contributed by atoms with van der Waals surface area (Å²) in [6.07, 6.45) is 1.07. The van der Waals surface area contributed by atoms with Crippen molar-refractivity contribution in [1.82, 2.24) is 20.0 Å². The first-order chi connectivity index (χ1) is 22.4. The summed E-state index contributed by atoms with van der Waals surface area (Å²) in [5, 5.41) is 17.7. The fourth-order valence-corrected chi connectivity index (χ4v) is 4.80. The summed E-state index contributed by atoms with van der Waals surface area (Å²) in [5.74, 6) is -0.443. The Morgan fingerprint density at radius 2 is 1.76 bits per heavy atom. The summed E-state index contributed by atoms with van der Waals surface area (Å²) >= 11 is 0.984. The SMILES string of the molecule is CC.CC.COc1cccc(OC)c1-c1cc(C(=O)Nc2nnc(-n3nccc3NC(C)=O)s2)oc(=O)c1OCC1COCCO1. The number of methoxy groups -OCH3 is 2. The molecular formula is C30H38N6O9S. The third-order valence-corrected chi connectivity index (χ3v) is 6.70. The predicted molar refractivity (Wildman–Crippen MR) is 172 cm³/mol. The predicted octanol–water partition coefficient (Wildman–Crippen LogP) is 4.42. The number of nitrogens with zero attached hydrogens (tertiary/aromatic N) is 4. The van der Waals surface area contributed by atoms with Crippen molar-refractivity contribution in [2.45, 2.75) is 40.7 Å². The van der Waals surface area contributed by atoms with Gasteiger partial charge in [0.1, 0.15) is 30.0 Å². The van der Waals surface area contributed by atoms with Gasteiger partial charge in [-0.1, -0.05) is 45.1 Å². The monoisotopic (exact) mass is 658 g/mol. The molecule has 1 unspecified atom stereocenters. The Hall–Kier alpha value is -4.80. The summed E-state index contributed by atoms with van der Waals surface area (Å²) in [6, 6.07) is 8.02. The van der Waals surface area contributed by atoms with Gasteiger partial charge in [-0.15, -0.1) is 10.2 Å². The van der Waals surface area contributed by atoms with Gasteiger partial charge < -0.3 is 33.4 Å². The van der Waals surface area contributed by atoms with E-state index in [1.54, 1.807) is 24.3 Å². The molecule has 0 saturated carbocycles. The summed E-state index contributed by atoms with van der Waals surface area (Å²) in [4.78, 5) is 38.0. The van der Waals surface area contributed by atoms with Gasteiger partial charge in [-0.25, -0.2) is 4.79 Å². The highest BCUT2D eigenvalue weighted by atomic mass is 32.1. The van der Waals surface area contributed by atoms with Crippen LogP contribution < -0.4 is 30.5 Å². The molecule has 15 nitrogen and oxygen atoms in total. The molecule has 0 radical (unpaired) electrons. The normalized spacial score (nSPS) is 13.7. The number of benzene rings is 1. The van der Waals surface area contributed by atoms with Crippen LogP contribution in [0, 0.1) is 0 Å². The molecule has 1 fully saturated rings. The molecule has 1 aliphatic rings. The largest absolute Gasteiger partial charge is 0.496 e. The van der Waals surface area contributed by atoms with Crippen LogP contribution >= 0.6 is 11.3 Å². The summed E-state index contributed by atoms with van der Waals surface area (Å²) in [6.45, 7) is 10.5. The van der Waals surface area contributed by atoms with E-state index in [9.17, 15) is 14.4 Å². The Bertz CT molecular complexity index is 1620. The average molecular weight is 659 g/mol. The molecule has 16 heteroatoms. The molecular weight excluding hydrogens is 620 g/mol. The van der Waals surface area contributed by atoms with E-state index < -0.39 is 17.6 Å². The van der Waals surface area contributed by atoms with E-state index in [1.165, 1.54) is 38.1 Å². The molecule has 4 aromatic rings. The standard InChI is InChI=1S/C26H26N6O9S.2C2H6/c1-14(33)28-20-7-8-27-32(20)26-31-30-25(42-26)29-23(34)19-11-16(21-17(36-2)5-4-6-18(21)37-3)22(24(35)41-19)40-13-15-12-38-9-10-39-15;2*1-2/h4-8,11,15H,9-10,12-13H2,1-3H3,(H,28,33)(H,29,30,34);2*1-2H3. The lowest BCUT2D eigenvalue weighted by Gasteiger charge is -2.23. The molecule has 1 atom stereocenters. The van der Waals surface area contributed by atoms with E-state index in [0.717, 1.165) is 11.3 Å². The zero-order chi connectivity index (χ0) is 33.6. The molecule has 1 aromatic carbocycles. The molecule has 3 aromatic heterocycles. The maximum absolute atomic E-state index is 13.3. The molecule has 2 amide bonds. The van der Waals surface area contributed by atoms with Crippen molar-refractivity contribution < 1.29 is 37.7 Å². The van der Waals surface area contributed by atoms with E-state index in [1.807, 2.05) is 27.7 Å². The molecule has 0 aliphatic carbocycles. The number of carbonyl (C=O) groups is 2. The second-order valence-electron chi connectivity index (χ2n) is 8.71. The van der Waals surface area contributed by atoms with Crippen molar-refractivity contribution in [3.63, 3.8) is 0 Å². The zero-order valence-corrected chi connectivity index (χ0v) is 27.6. The molecule has 1 aliphatic heterocycles. The molecule has 248 valence electrons. The van der Waals surface area contributed by atoms with E-state index in [4.69, 9.17) is 28.1 Å². The van der Waals surface area contributed by atoms with Gasteiger partial charge in [-0.3, -0.25) is 14.9 Å². The molecule has 1 saturated heterocycles. The topological polar surface area (TPSA) is 178 Å². The van der Waals surface area contributed by atoms with Crippen LogP contribution in [0.2, 0.25) is 0 Å². The first kappa shape index (κ1) is 35.7. The van der Waals surface area contributed by atoms with Gasteiger partial charge >= 0.3 is 5.63 Å². The first-order valence-corrected chi connectivity index (χ1v) is 15.4. The summed E-state index contributed by atoms with van der Waals surface area (Å²) in [5.41, 5.74) is -0.323. The smallest absolute Gasteiger partial charge is 0.379 e. The van der Waals surface area contributed by atoms with Crippen LogP contribution in [0.3, 0.4) is 0 Å². The third-order valence-electron chi connectivity index (χ3n) is 5.89. The second-order valence-corrected chi connectivity index (χ2v) is 9.67. The van der Waals surface area contributed by atoms with Crippen LogP contribution in [-0.4, -0.2) is 78.5 Å². The Balaban J connectivity index is 0.00000139. The Morgan fingerprint density at radius 3 is 2.39 bits per heavy atom. The van der Waals surface area contributed by atoms with Crippen LogP contribution in [0.4, 0.5) is 10.9 Å². The fraction of sp³-hybridized carbons (Fsp3) is 0.400. The number of anilines is 2. The molecule has 0 spiro atoms. The molecule has 46 heavy (non-hydrogen) atoms. The minimum Gasteiger partial charge on any atom is -0.496 e. The maximum Gasteiger partial charge on any atom is 0.379 e. The lowest BCUT2D eigenvalue weighted by Crippen LogP contribution is -2.34. The highest BCUT2D eigenvalue weighted by Crippen LogP contribution is 2.42. The maximum atomic E-state index is 13.3. The van der Waals surface area contributed by atoms with Crippen molar-refractivity contribution in [3.05, 3.63) is 52.7 Å². The van der Waals surface area contributed by atoms with E-state index in [-0.39, 0.29) is 39.9 Å². The van der Waals surface area contributed by atoms with Gasteiger partial charge in [0, 0.05) is 18.6 Å². The molecule has 5 rings (SSSR count). The molecule has 2 N–H and O–H groups in total. The molecule has 4 heterocycles. The number of nitrogens with one attached hydrogen (secondary N) is 2. The zero-order valence-electron chi connectivity index (χ0n) is 26.7. The van der Waals surface area contributed by atoms with Crippen molar-refractivity contribution in [3.8, 4) is 33.5 Å². The lowest BCUT2D eigenvalue weighted by atomic mass is 10.0. The van der Waals surface area contributed by atoms with Gasteiger partial charge in [0.25, 0.3) is 5.91 Å². The highest BCUT2D eigenvalue weighted by Gasteiger charge is 2.26. The fourth-order valence-electron chi connectivity index (χ4n) is 4.08. The van der Waals surface area contributed by atoms with E-state index in [2.05, 4.69) is 25.9 Å². The minimum absolute atomic E-state index is 0.00221. The third kappa shape index (κ3) is 8.68. The Morgan fingerprint density at radius 1 is 1.04 bits per heavy atom. The van der Waals surface area contributed by atoms with Crippen LogP contribution in [0.15, 0.2) is 45.7 Å². The summed E-state index contributed by atoms with van der Waals surface area (Å²) in [7, 11) is 2.93. The lowest BCUT2D eigenvalue weighted by molar-refractivity contribution is -0.114. The van der Waals surface area contributed by atoms with Crippen LogP contribution in [0.1, 0.15) is 45.2 Å². The Kier molecular flexibility index (Phi) is 13.7. The van der Waals surface area contributed by atoms with Gasteiger partial charge in [0.2, 0.25) is 21.9 Å². The number of amides is 2. The second kappa shape index (κ2) is 17.6. The molecule has 0 bridgehead atoms. The minimum atomic E-state index is -0.906. The van der Waals surface area contributed by atoms with Gasteiger partial charge in [0.05, 0.1) is 45.8 Å². The number of hydrogen-bond acceptors (Lipinski definition) is 13.